The number of hydrogen-bond donors (Lipinski definition) is 2. The largest absolute Gasteiger partial charge is 0.315 e. The summed E-state index contributed by atoms with van der Waals surface area (Å²) < 4.78 is 27.1. The van der Waals surface area contributed by atoms with E-state index in [-0.39, 0.29) is 4.21 Å². The molecule has 1 aromatic heterocycles. The van der Waals surface area contributed by atoms with Crippen LogP contribution in [0.15, 0.2) is 27.2 Å². The minimum atomic E-state index is -3.78. The SMILES string of the molecule is Cc1[nH]c(=O)sc1S(=O)(=O)NC(C)c1ccc(Cl)c(Cl)c1. The molecule has 1 atom stereocenters. The molecule has 1 aromatic carbocycles. The van der Waals surface area contributed by atoms with E-state index in [0.717, 1.165) is 0 Å². The van der Waals surface area contributed by atoms with E-state index >= 15 is 0 Å². The highest BCUT2D eigenvalue weighted by atomic mass is 35.5. The number of thiazole rings is 1. The van der Waals surface area contributed by atoms with E-state index in [0.29, 0.717) is 32.6 Å². The maximum atomic E-state index is 12.3. The number of benzene rings is 1. The minimum absolute atomic E-state index is 0.0144. The molecule has 1 unspecified atom stereocenters. The van der Waals surface area contributed by atoms with Gasteiger partial charge in [-0.1, -0.05) is 40.6 Å². The van der Waals surface area contributed by atoms with Crippen molar-refractivity contribution in [3.8, 4) is 0 Å². The van der Waals surface area contributed by atoms with Crippen LogP contribution < -0.4 is 9.60 Å². The molecular weight excluding hydrogens is 355 g/mol. The summed E-state index contributed by atoms with van der Waals surface area (Å²) in [7, 11) is -3.78. The summed E-state index contributed by atoms with van der Waals surface area (Å²) in [5, 5.41) is 0.748. The highest BCUT2D eigenvalue weighted by Gasteiger charge is 2.23. The highest BCUT2D eigenvalue weighted by Crippen LogP contribution is 2.27. The van der Waals surface area contributed by atoms with Gasteiger partial charge in [0.25, 0.3) is 10.0 Å². The Hall–Kier alpha value is -0.860. The van der Waals surface area contributed by atoms with Crippen molar-refractivity contribution < 1.29 is 8.42 Å². The fraction of sp³-hybridized carbons (Fsp3) is 0.250. The second kappa shape index (κ2) is 6.10. The third-order valence-electron chi connectivity index (χ3n) is 2.80. The van der Waals surface area contributed by atoms with E-state index in [1.165, 1.54) is 6.92 Å². The van der Waals surface area contributed by atoms with Crippen LogP contribution in [0, 0.1) is 6.92 Å². The highest BCUT2D eigenvalue weighted by molar-refractivity contribution is 7.91. The van der Waals surface area contributed by atoms with Crippen molar-refractivity contribution in [3.05, 3.63) is 49.2 Å². The zero-order valence-corrected chi connectivity index (χ0v) is 14.3. The summed E-state index contributed by atoms with van der Waals surface area (Å²) in [6.45, 7) is 3.22. The van der Waals surface area contributed by atoms with Gasteiger partial charge in [0.2, 0.25) is 0 Å². The van der Waals surface area contributed by atoms with E-state index in [2.05, 4.69) is 9.71 Å². The number of aromatic amines is 1. The molecule has 0 amide bonds. The van der Waals surface area contributed by atoms with Crippen molar-refractivity contribution in [2.75, 3.05) is 0 Å². The molecule has 2 aromatic rings. The second-order valence-corrected chi connectivity index (χ2v) is 8.15. The molecule has 0 aliphatic carbocycles. The van der Waals surface area contributed by atoms with Gasteiger partial charge in [-0.05, 0) is 31.5 Å². The molecule has 0 aliphatic heterocycles. The van der Waals surface area contributed by atoms with Crippen molar-refractivity contribution in [2.24, 2.45) is 0 Å². The van der Waals surface area contributed by atoms with Gasteiger partial charge in [-0.3, -0.25) is 4.79 Å². The van der Waals surface area contributed by atoms with Gasteiger partial charge in [0.05, 0.1) is 10.0 Å². The van der Waals surface area contributed by atoms with Crippen LogP contribution in [0.25, 0.3) is 0 Å². The summed E-state index contributed by atoms with van der Waals surface area (Å²) in [5.74, 6) is 0. The predicted octanol–water partition coefficient (Wildman–Crippen LogP) is 3.09. The van der Waals surface area contributed by atoms with Crippen molar-refractivity contribution in [1.29, 1.82) is 0 Å². The Kier molecular flexibility index (Phi) is 4.79. The van der Waals surface area contributed by atoms with E-state index in [1.54, 1.807) is 25.1 Å². The topological polar surface area (TPSA) is 79.0 Å². The van der Waals surface area contributed by atoms with Crippen LogP contribution in [0.5, 0.6) is 0 Å². The number of H-pyrrole nitrogens is 1. The molecule has 0 aliphatic rings. The normalized spacial score (nSPS) is 13.3. The van der Waals surface area contributed by atoms with Gasteiger partial charge in [-0.25, -0.2) is 13.1 Å². The quantitative estimate of drug-likeness (QED) is 0.872. The number of rotatable bonds is 4. The van der Waals surface area contributed by atoms with E-state index in [9.17, 15) is 13.2 Å². The lowest BCUT2D eigenvalue weighted by molar-refractivity contribution is 0.568. The molecule has 0 radical (unpaired) electrons. The summed E-state index contributed by atoms with van der Waals surface area (Å²) in [5.41, 5.74) is 0.993. The van der Waals surface area contributed by atoms with Crippen molar-refractivity contribution >= 4 is 44.6 Å². The van der Waals surface area contributed by atoms with Crippen LogP contribution in [0.4, 0.5) is 0 Å². The molecule has 5 nitrogen and oxygen atoms in total. The average Bonchev–Trinajstić information content (AvgIpc) is 2.72. The maximum Gasteiger partial charge on any atom is 0.305 e. The van der Waals surface area contributed by atoms with Crippen molar-refractivity contribution in [3.63, 3.8) is 0 Å². The first-order valence-electron chi connectivity index (χ1n) is 5.87. The van der Waals surface area contributed by atoms with Crippen LogP contribution in [0.3, 0.4) is 0 Å². The molecule has 114 valence electrons. The Bertz CT molecular complexity index is 827. The molecule has 0 saturated heterocycles. The molecule has 9 heteroatoms. The van der Waals surface area contributed by atoms with Gasteiger partial charge in [0.15, 0.2) is 4.21 Å². The minimum Gasteiger partial charge on any atom is -0.315 e. The van der Waals surface area contributed by atoms with Gasteiger partial charge >= 0.3 is 4.87 Å². The van der Waals surface area contributed by atoms with Gasteiger partial charge in [0, 0.05) is 11.7 Å². The lowest BCUT2D eigenvalue weighted by Gasteiger charge is -2.14. The average molecular weight is 367 g/mol. The maximum absolute atomic E-state index is 12.3. The first-order valence-corrected chi connectivity index (χ1v) is 8.93. The third kappa shape index (κ3) is 3.67. The first kappa shape index (κ1) is 16.5. The van der Waals surface area contributed by atoms with Crippen LogP contribution in [-0.4, -0.2) is 13.4 Å². The summed E-state index contributed by atoms with van der Waals surface area (Å²) >= 11 is 12.4. The van der Waals surface area contributed by atoms with Crippen LogP contribution in [0.1, 0.15) is 24.2 Å². The third-order valence-corrected chi connectivity index (χ3v) is 6.69. The zero-order valence-electron chi connectivity index (χ0n) is 11.1. The fourth-order valence-electron chi connectivity index (χ4n) is 1.78. The number of nitrogens with one attached hydrogen (secondary N) is 2. The van der Waals surface area contributed by atoms with E-state index in [4.69, 9.17) is 23.2 Å². The van der Waals surface area contributed by atoms with Gasteiger partial charge < -0.3 is 4.98 Å². The molecular formula is C12H12Cl2N2O3S2. The van der Waals surface area contributed by atoms with E-state index < -0.39 is 20.9 Å². The Balaban J connectivity index is 2.29. The molecule has 0 spiro atoms. The lowest BCUT2D eigenvalue weighted by atomic mass is 10.1. The summed E-state index contributed by atoms with van der Waals surface area (Å²) in [6.07, 6.45) is 0. The van der Waals surface area contributed by atoms with Gasteiger partial charge in [-0.15, -0.1) is 0 Å². The number of aryl methyl sites for hydroxylation is 1. The molecule has 0 bridgehead atoms. The Morgan fingerprint density at radius 2 is 1.95 bits per heavy atom. The Labute approximate surface area is 136 Å². The predicted molar refractivity (Wildman–Crippen MR) is 84.9 cm³/mol. The fourth-order valence-corrected chi connectivity index (χ4v) is 4.64. The lowest BCUT2D eigenvalue weighted by Crippen LogP contribution is -2.26. The molecule has 21 heavy (non-hydrogen) atoms. The van der Waals surface area contributed by atoms with Crippen molar-refractivity contribution in [1.82, 2.24) is 9.71 Å². The molecule has 2 rings (SSSR count). The molecule has 0 saturated carbocycles. The number of aromatic nitrogens is 1. The van der Waals surface area contributed by atoms with Crippen molar-refractivity contribution in [2.45, 2.75) is 24.1 Å². The smallest absolute Gasteiger partial charge is 0.305 e. The molecule has 0 fully saturated rings. The number of hydrogen-bond acceptors (Lipinski definition) is 4. The standard InChI is InChI=1S/C12H12Cl2N2O3S2/c1-6(8-3-4-9(13)10(14)5-8)16-21(18,19)11-7(2)15-12(17)20-11/h3-6,16H,1-2H3,(H,15,17). The van der Waals surface area contributed by atoms with Crippen LogP contribution in [-0.2, 0) is 10.0 Å². The zero-order chi connectivity index (χ0) is 15.8. The summed E-state index contributed by atoms with van der Waals surface area (Å²) in [6, 6.07) is 4.38. The van der Waals surface area contributed by atoms with Gasteiger partial charge in [0.1, 0.15) is 0 Å². The second-order valence-electron chi connectivity index (χ2n) is 4.44. The summed E-state index contributed by atoms with van der Waals surface area (Å²) in [4.78, 5) is 13.3. The Morgan fingerprint density at radius 3 is 2.48 bits per heavy atom. The van der Waals surface area contributed by atoms with Crippen LogP contribution >= 0.6 is 34.5 Å². The molecule has 2 N–H and O–H groups in total. The monoisotopic (exact) mass is 366 g/mol. The number of halogens is 2. The first-order chi connectivity index (χ1) is 9.70. The van der Waals surface area contributed by atoms with Gasteiger partial charge in [-0.2, -0.15) is 0 Å². The Morgan fingerprint density at radius 1 is 1.29 bits per heavy atom. The number of sulfonamides is 1. The van der Waals surface area contributed by atoms with E-state index in [1.807, 2.05) is 0 Å². The molecule has 1 heterocycles. The van der Waals surface area contributed by atoms with Crippen LogP contribution in [0.2, 0.25) is 10.0 Å².